The fourth-order valence-electron chi connectivity index (χ4n) is 3.45. The number of methoxy groups -OCH3 is 2. The fraction of sp³-hybridized carbons (Fsp3) is 0.381. The van der Waals surface area contributed by atoms with E-state index in [2.05, 4.69) is 0 Å². The van der Waals surface area contributed by atoms with Crippen LogP contribution in [0.4, 0.5) is 10.1 Å². The van der Waals surface area contributed by atoms with Crippen LogP contribution in [0.2, 0.25) is 0 Å². The van der Waals surface area contributed by atoms with Crippen molar-refractivity contribution in [3.8, 4) is 11.5 Å². The molecule has 0 aliphatic carbocycles. The first-order chi connectivity index (χ1) is 13.0. The number of hydrogen-bond acceptors (Lipinski definition) is 4. The third kappa shape index (κ3) is 4.39. The lowest BCUT2D eigenvalue weighted by Gasteiger charge is -2.31. The minimum atomic E-state index is -0.395. The molecule has 5 nitrogen and oxygen atoms in total. The van der Waals surface area contributed by atoms with Gasteiger partial charge in [-0.1, -0.05) is 6.07 Å². The summed E-state index contributed by atoms with van der Waals surface area (Å²) in [5.74, 6) is 0.672. The third-order valence-corrected chi connectivity index (χ3v) is 4.78. The van der Waals surface area contributed by atoms with Crippen LogP contribution in [0.3, 0.4) is 0 Å². The Bertz CT molecular complexity index is 825. The Hall–Kier alpha value is -2.60. The molecule has 0 radical (unpaired) electrons. The summed E-state index contributed by atoms with van der Waals surface area (Å²) in [4.78, 5) is 16.6. The Labute approximate surface area is 159 Å². The summed E-state index contributed by atoms with van der Waals surface area (Å²) < 4.78 is 24.1. The Morgan fingerprint density at radius 1 is 1.19 bits per heavy atom. The van der Waals surface area contributed by atoms with Crippen LogP contribution in [0, 0.1) is 5.82 Å². The number of hydrogen-bond donors (Lipinski definition) is 0. The molecule has 1 heterocycles. The van der Waals surface area contributed by atoms with Gasteiger partial charge in [0.1, 0.15) is 5.75 Å². The number of amides is 1. The predicted molar refractivity (Wildman–Crippen MR) is 103 cm³/mol. The van der Waals surface area contributed by atoms with E-state index in [-0.39, 0.29) is 18.2 Å². The largest absolute Gasteiger partial charge is 0.497 e. The van der Waals surface area contributed by atoms with Crippen molar-refractivity contribution < 1.29 is 18.7 Å². The molecule has 2 aromatic carbocycles. The molecule has 2 aromatic rings. The Kier molecular flexibility index (Phi) is 5.96. The quantitative estimate of drug-likeness (QED) is 0.781. The summed E-state index contributed by atoms with van der Waals surface area (Å²) in [6.07, 6.45) is 1.87. The van der Waals surface area contributed by atoms with E-state index in [4.69, 9.17) is 9.47 Å². The van der Waals surface area contributed by atoms with Crippen molar-refractivity contribution in [3.63, 3.8) is 0 Å². The zero-order valence-corrected chi connectivity index (χ0v) is 16.0. The highest BCUT2D eigenvalue weighted by atomic mass is 19.1. The number of carbonyl (C=O) groups is 1. The fourth-order valence-corrected chi connectivity index (χ4v) is 3.45. The van der Waals surface area contributed by atoms with Crippen molar-refractivity contribution in [1.82, 2.24) is 4.90 Å². The van der Waals surface area contributed by atoms with Crippen LogP contribution in [-0.2, 0) is 17.8 Å². The molecule has 144 valence electrons. The maximum atomic E-state index is 13.9. The molecule has 6 heteroatoms. The topological polar surface area (TPSA) is 42.0 Å². The molecular formula is C21H25FN2O3. The van der Waals surface area contributed by atoms with Crippen LogP contribution < -0.4 is 14.4 Å². The lowest BCUT2D eigenvalue weighted by Crippen LogP contribution is -2.41. The van der Waals surface area contributed by atoms with Gasteiger partial charge >= 0.3 is 0 Å². The average molecular weight is 372 g/mol. The molecule has 0 N–H and O–H groups in total. The van der Waals surface area contributed by atoms with Crippen LogP contribution in [-0.4, -0.2) is 45.2 Å². The summed E-state index contributed by atoms with van der Waals surface area (Å²) in [6, 6.07) is 10.7. The minimum Gasteiger partial charge on any atom is -0.497 e. The number of rotatable bonds is 6. The number of nitrogens with zero attached hydrogens (tertiary/aromatic N) is 2. The Morgan fingerprint density at radius 3 is 2.70 bits per heavy atom. The molecule has 27 heavy (non-hydrogen) atoms. The molecule has 3 rings (SSSR count). The van der Waals surface area contributed by atoms with Crippen molar-refractivity contribution in [2.45, 2.75) is 19.4 Å². The van der Waals surface area contributed by atoms with Crippen molar-refractivity contribution in [1.29, 1.82) is 0 Å². The van der Waals surface area contributed by atoms with Gasteiger partial charge in [0.2, 0.25) is 5.91 Å². The first-order valence-corrected chi connectivity index (χ1v) is 9.00. The highest BCUT2D eigenvalue weighted by Gasteiger charge is 2.23. The zero-order chi connectivity index (χ0) is 19.4. The molecule has 0 bridgehead atoms. The van der Waals surface area contributed by atoms with E-state index in [1.807, 2.05) is 41.1 Å². The molecule has 1 amide bonds. The van der Waals surface area contributed by atoms with Crippen molar-refractivity contribution in [3.05, 3.63) is 53.3 Å². The van der Waals surface area contributed by atoms with Gasteiger partial charge in [-0.2, -0.15) is 0 Å². The number of likely N-dealkylation sites (N-methyl/N-ethyl adjacent to an activating group) is 1. The second kappa shape index (κ2) is 8.39. The maximum Gasteiger partial charge on any atom is 0.241 e. The molecule has 0 spiro atoms. The van der Waals surface area contributed by atoms with Gasteiger partial charge in [0.15, 0.2) is 11.6 Å². The zero-order valence-electron chi connectivity index (χ0n) is 16.0. The summed E-state index contributed by atoms with van der Waals surface area (Å²) in [7, 11) is 4.94. The van der Waals surface area contributed by atoms with Crippen LogP contribution >= 0.6 is 0 Å². The van der Waals surface area contributed by atoms with Crippen LogP contribution in [0.25, 0.3) is 0 Å². The summed E-state index contributed by atoms with van der Waals surface area (Å²) in [5, 5.41) is 0. The number of fused-ring (bicyclic) bond motifs is 1. The van der Waals surface area contributed by atoms with Crippen LogP contribution in [0.15, 0.2) is 36.4 Å². The van der Waals surface area contributed by atoms with E-state index in [1.165, 1.54) is 13.2 Å². The molecular weight excluding hydrogens is 347 g/mol. The molecule has 0 saturated heterocycles. The van der Waals surface area contributed by atoms with E-state index >= 15 is 0 Å². The van der Waals surface area contributed by atoms with Crippen LogP contribution in [0.5, 0.6) is 11.5 Å². The Balaban J connectivity index is 1.66. The highest BCUT2D eigenvalue weighted by molar-refractivity contribution is 5.96. The normalized spacial score (nSPS) is 13.4. The monoisotopic (exact) mass is 372 g/mol. The van der Waals surface area contributed by atoms with Gasteiger partial charge in [0, 0.05) is 18.8 Å². The second-order valence-electron chi connectivity index (χ2n) is 6.78. The van der Waals surface area contributed by atoms with Crippen molar-refractivity contribution >= 4 is 11.6 Å². The average Bonchev–Trinajstić information content (AvgIpc) is 2.67. The predicted octanol–water partition coefficient (Wildman–Crippen LogP) is 3.25. The van der Waals surface area contributed by atoms with E-state index in [1.54, 1.807) is 13.2 Å². The number of benzene rings is 2. The van der Waals surface area contributed by atoms with E-state index in [0.717, 1.165) is 35.4 Å². The van der Waals surface area contributed by atoms with E-state index in [9.17, 15) is 9.18 Å². The first kappa shape index (κ1) is 19.2. The smallest absolute Gasteiger partial charge is 0.241 e. The lowest BCUT2D eigenvalue weighted by atomic mass is 10.0. The standard InChI is InChI=1S/C21H25FN2O3/c1-23(13-15-6-9-20(27-3)18(22)11-15)14-21(25)24-10-4-5-16-12-17(26-2)7-8-19(16)24/h6-9,11-12H,4-5,10,13-14H2,1-3H3. The highest BCUT2D eigenvalue weighted by Crippen LogP contribution is 2.30. The van der Waals surface area contributed by atoms with Gasteiger partial charge in [-0.3, -0.25) is 9.69 Å². The number of carbonyl (C=O) groups excluding carboxylic acids is 1. The molecule has 1 aliphatic rings. The van der Waals surface area contributed by atoms with Crippen LogP contribution in [0.1, 0.15) is 17.5 Å². The Morgan fingerprint density at radius 2 is 2.00 bits per heavy atom. The minimum absolute atomic E-state index is 0.0394. The summed E-state index contributed by atoms with van der Waals surface area (Å²) in [5.41, 5.74) is 2.89. The second-order valence-corrected chi connectivity index (χ2v) is 6.78. The van der Waals surface area contributed by atoms with E-state index in [0.29, 0.717) is 13.1 Å². The maximum absolute atomic E-state index is 13.9. The molecule has 1 aliphatic heterocycles. The molecule has 0 atom stereocenters. The SMILES string of the molecule is COc1ccc2c(c1)CCCN2C(=O)CN(C)Cc1ccc(OC)c(F)c1. The van der Waals surface area contributed by atoms with Crippen molar-refractivity contribution in [2.75, 3.05) is 39.3 Å². The van der Waals surface area contributed by atoms with Gasteiger partial charge in [0.25, 0.3) is 0 Å². The third-order valence-electron chi connectivity index (χ3n) is 4.78. The molecule has 0 fully saturated rings. The van der Waals surface area contributed by atoms with Gasteiger partial charge < -0.3 is 14.4 Å². The number of halogens is 1. The first-order valence-electron chi connectivity index (χ1n) is 9.00. The number of ether oxygens (including phenoxy) is 2. The summed E-state index contributed by atoms with van der Waals surface area (Å²) >= 11 is 0. The molecule has 0 saturated carbocycles. The molecule has 0 aromatic heterocycles. The van der Waals surface area contributed by atoms with Crippen molar-refractivity contribution in [2.24, 2.45) is 0 Å². The number of aryl methyl sites for hydroxylation is 1. The van der Waals surface area contributed by atoms with Gasteiger partial charge in [0.05, 0.1) is 20.8 Å². The molecule has 0 unspecified atom stereocenters. The lowest BCUT2D eigenvalue weighted by molar-refractivity contribution is -0.119. The van der Waals surface area contributed by atoms with Gasteiger partial charge in [-0.25, -0.2) is 4.39 Å². The number of anilines is 1. The van der Waals surface area contributed by atoms with Gasteiger partial charge in [-0.05, 0) is 61.3 Å². The summed E-state index contributed by atoms with van der Waals surface area (Å²) in [6.45, 7) is 1.46. The van der Waals surface area contributed by atoms with Gasteiger partial charge in [-0.15, -0.1) is 0 Å². The van der Waals surface area contributed by atoms with E-state index < -0.39 is 5.82 Å².